The summed E-state index contributed by atoms with van der Waals surface area (Å²) in [6, 6.07) is 85.5. The molecule has 143 heavy (non-hydrogen) atoms. The van der Waals surface area contributed by atoms with E-state index < -0.39 is 29.5 Å². The molecule has 0 aliphatic carbocycles. The molecule has 0 amide bonds. The molecule has 39 heteroatoms. The number of aliphatic hydroxyl groups excluding tert-OH is 6. The summed E-state index contributed by atoms with van der Waals surface area (Å²) in [5.74, 6) is -1.28. The smallest absolute Gasteiger partial charge is 0.413 e. The van der Waals surface area contributed by atoms with Gasteiger partial charge in [-0.05, 0) is 249 Å². The minimum absolute atomic E-state index is 0. The molecule has 6 atom stereocenters. The minimum Gasteiger partial charge on any atom is -0.413 e. The van der Waals surface area contributed by atoms with Crippen molar-refractivity contribution in [3.63, 3.8) is 0 Å². The molecular weight excluding hydrogens is 2590 g/mol. The third-order valence-electron chi connectivity index (χ3n) is 19.2. The monoisotopic (exact) mass is 2680 g/mol. The molecule has 22 nitrogen and oxygen atoms in total. The number of halogens is 13. The first kappa shape index (κ1) is 117. The van der Waals surface area contributed by atoms with Gasteiger partial charge in [0.25, 0.3) is 0 Å². The maximum atomic E-state index is 13.8. The van der Waals surface area contributed by atoms with E-state index in [2.05, 4.69) is 85.2 Å². The number of aromatic nitrogens is 16. The van der Waals surface area contributed by atoms with Crippen molar-refractivity contribution in [3.8, 4) is 125 Å². The SMILES string of the molecule is CC(O)CC(C)O.CC(O)CC(C)O.CC(O)CC(C)O.Cc1ccc(-n2c(-c3[c-]cc(F)cc3)nnc2-c2ccc(F)cc2)cc1.FC(F)(F)c1n[n-]c(-c2ccccn2)n1.Fc1c[c-]c(-c2nnc(-c3ccc(F)cc3)n2-c2ccc(F)cc2)cc1.Fc1c[c-]c(-c2nnc(-c3ccc(F)cc3)n2-c2cccc(F)c2)cc1.Fc1c[c-]c(-c2nnc(-c3ccc(F)cc3)n2-c2ccccc2)cc1.[Ir].[Ir].[Ir].[Ir]. The summed E-state index contributed by atoms with van der Waals surface area (Å²) < 4.78 is 177. The second kappa shape index (κ2) is 56.7. The molecule has 18 aromatic rings. The standard InChI is InChI=1S/C21H14F2N3.2C20H11F3N3.C20H12F2N3.C8H4F3N4.3C5H12O2.4Ir/c1-14-2-12-19(13-3-14)26-20(15-4-8-17(22)9-5-15)24-25-21(26)16-6-10-18(23)11-7-16;21-15-5-1-13(2-6-15)19-24-25-20(14-3-7-16(22)8-4-14)26(19)18-11-9-17(23)10-12-18;21-15-8-4-13(5-9-15)19-24-25-20(14-6-10-16(22)11-7-14)26(19)18-3-1-2-17(23)12-18;21-16-10-6-14(7-11-16)19-23-24-20(15-8-12-17(22)13-9-15)25(19)18-4-2-1-3-5-18;9-8(10,11)7-13-6(14-15-7)5-3-1-2-4-12-5;3*1-4(6)3-5(2)7;;;;/h2-6,8-13H,1H3;1-3,5-12H;1-6,8-12H;1-8,10-13H;1-4H;3*4-7H,3H2,1-2H3;;;;/q5*-1;;;;;;;. The van der Waals surface area contributed by atoms with E-state index in [4.69, 9.17) is 30.6 Å². The van der Waals surface area contributed by atoms with E-state index in [-0.39, 0.29) is 169 Å². The summed E-state index contributed by atoms with van der Waals surface area (Å²) in [7, 11) is 0. The van der Waals surface area contributed by atoms with Crippen LogP contribution in [0.5, 0.6) is 0 Å². The Morgan fingerprint density at radius 3 is 0.818 bits per heavy atom. The van der Waals surface area contributed by atoms with Crippen LogP contribution in [0, 0.1) is 89.4 Å². The summed E-state index contributed by atoms with van der Waals surface area (Å²) >= 11 is 0. The van der Waals surface area contributed by atoms with Crippen molar-refractivity contribution in [3.05, 3.63) is 391 Å². The van der Waals surface area contributed by atoms with Crippen LogP contribution in [0.1, 0.15) is 72.2 Å². The average Bonchev–Trinajstić information content (AvgIpc) is 1.65. The minimum atomic E-state index is -4.57. The van der Waals surface area contributed by atoms with Crippen molar-refractivity contribution in [2.45, 2.75) is 111 Å². The molecule has 0 spiro atoms. The molecule has 6 heterocycles. The van der Waals surface area contributed by atoms with Gasteiger partial charge in [0.1, 0.15) is 40.7 Å². The topological polar surface area (TPSA) is 297 Å². The molecule has 0 aliphatic heterocycles. The molecule has 18 rings (SSSR count). The van der Waals surface area contributed by atoms with E-state index in [0.717, 1.165) is 28.1 Å². The second-order valence-electron chi connectivity index (χ2n) is 31.0. The molecule has 0 aliphatic rings. The Bertz CT molecular complexity index is 6350. The largest absolute Gasteiger partial charge is 0.429 e. The van der Waals surface area contributed by atoms with Gasteiger partial charge in [0, 0.05) is 155 Å². The quantitative estimate of drug-likeness (QED) is 0.0324. The fourth-order valence-electron chi connectivity index (χ4n) is 13.1. The van der Waals surface area contributed by atoms with E-state index in [1.54, 1.807) is 148 Å². The number of para-hydroxylation sites is 1. The molecule has 0 bridgehead atoms. The number of aryl methyl sites for hydroxylation is 1. The van der Waals surface area contributed by atoms with E-state index in [0.29, 0.717) is 111 Å². The number of pyridine rings is 1. The van der Waals surface area contributed by atoms with Crippen LogP contribution in [0.15, 0.2) is 297 Å². The molecule has 0 saturated carbocycles. The fourth-order valence-corrected chi connectivity index (χ4v) is 13.1. The van der Waals surface area contributed by atoms with Crippen molar-refractivity contribution in [2.24, 2.45) is 0 Å². The zero-order valence-electron chi connectivity index (χ0n) is 76.5. The second-order valence-corrected chi connectivity index (χ2v) is 31.0. The fraction of sp³-hybridized carbons (Fsp3) is 0.163. The molecule has 4 radical (unpaired) electrons. The van der Waals surface area contributed by atoms with Crippen LogP contribution in [-0.2, 0) is 86.6 Å². The first-order valence-electron chi connectivity index (χ1n) is 42.7. The van der Waals surface area contributed by atoms with Gasteiger partial charge in [0.2, 0.25) is 0 Å². The Morgan fingerprint density at radius 2 is 0.559 bits per heavy atom. The van der Waals surface area contributed by atoms with Crippen LogP contribution >= 0.6 is 0 Å². The summed E-state index contributed by atoms with van der Waals surface area (Å²) in [6.07, 6.45) is -3.96. The van der Waals surface area contributed by atoms with Gasteiger partial charge in [-0.1, -0.05) is 48.0 Å². The van der Waals surface area contributed by atoms with Crippen molar-refractivity contribution >= 4 is 0 Å². The van der Waals surface area contributed by atoms with Gasteiger partial charge in [-0.25, -0.2) is 26.3 Å². The van der Waals surface area contributed by atoms with Crippen molar-refractivity contribution in [2.75, 3.05) is 0 Å². The first-order valence-corrected chi connectivity index (χ1v) is 42.7. The van der Waals surface area contributed by atoms with E-state index in [1.165, 1.54) is 146 Å². The Kier molecular flexibility index (Phi) is 46.3. The number of benzene rings is 12. The first-order chi connectivity index (χ1) is 66.5. The number of rotatable bonds is 19. The van der Waals surface area contributed by atoms with Crippen molar-refractivity contribution in [1.82, 2.24) is 79.2 Å². The van der Waals surface area contributed by atoms with Crippen molar-refractivity contribution in [1.29, 1.82) is 0 Å². The van der Waals surface area contributed by atoms with Gasteiger partial charge < -0.3 is 59.0 Å². The molecule has 6 aromatic heterocycles. The van der Waals surface area contributed by atoms with Gasteiger partial charge in [-0.2, -0.15) is 33.6 Å². The van der Waals surface area contributed by atoms with E-state index in [9.17, 15) is 57.1 Å². The molecule has 0 fully saturated rings. The Labute approximate surface area is 868 Å². The predicted molar refractivity (Wildman–Crippen MR) is 496 cm³/mol. The molecule has 6 N–H and O–H groups in total. The molecule has 0 saturated heterocycles. The number of nitrogens with zero attached hydrogens (tertiary/aromatic N) is 16. The van der Waals surface area contributed by atoms with Crippen LogP contribution in [0.2, 0.25) is 0 Å². The van der Waals surface area contributed by atoms with Crippen LogP contribution in [0.25, 0.3) is 125 Å². The third kappa shape index (κ3) is 34.9. The van der Waals surface area contributed by atoms with Gasteiger partial charge >= 0.3 is 6.18 Å². The Morgan fingerprint density at radius 1 is 0.294 bits per heavy atom. The van der Waals surface area contributed by atoms with Gasteiger partial charge in [-0.3, -0.25) is 27.6 Å². The van der Waals surface area contributed by atoms with Crippen LogP contribution in [-0.4, -0.2) is 141 Å². The Balaban J connectivity index is 0.000000231. The molecule has 12 aromatic carbocycles. The molecular formula is C104H88F13Ir4N16O6-5. The third-order valence-corrected chi connectivity index (χ3v) is 19.2. The zero-order valence-corrected chi connectivity index (χ0v) is 86.0. The van der Waals surface area contributed by atoms with E-state index >= 15 is 0 Å². The van der Waals surface area contributed by atoms with Gasteiger partial charge in [-0.15, -0.1) is 140 Å². The predicted octanol–water partition coefficient (Wildman–Crippen LogP) is 21.2. The maximum Gasteiger partial charge on any atom is 0.429 e. The summed E-state index contributed by atoms with van der Waals surface area (Å²) in [5, 5.41) is 91.4. The number of alkyl halides is 3. The normalized spacial score (nSPS) is 11.8. The maximum absolute atomic E-state index is 13.8. The van der Waals surface area contributed by atoms with Crippen molar-refractivity contribution < 1.29 is 168 Å². The van der Waals surface area contributed by atoms with E-state index in [1.807, 2.05) is 70.7 Å². The zero-order chi connectivity index (χ0) is 100.0. The number of hydrogen-bond acceptors (Lipinski definition) is 17. The van der Waals surface area contributed by atoms with Gasteiger partial charge in [0.05, 0.1) is 65.6 Å². The van der Waals surface area contributed by atoms with Crippen LogP contribution < -0.4 is 5.10 Å². The Hall–Kier alpha value is -13.1. The number of aliphatic hydroxyl groups is 6. The summed E-state index contributed by atoms with van der Waals surface area (Å²) in [6.45, 7) is 12.0. The average molecular weight is 2670 g/mol. The summed E-state index contributed by atoms with van der Waals surface area (Å²) in [4.78, 5) is 7.05. The van der Waals surface area contributed by atoms with Crippen LogP contribution in [0.3, 0.4) is 0 Å². The molecule has 752 valence electrons. The summed E-state index contributed by atoms with van der Waals surface area (Å²) in [5.41, 5.74) is 9.15. The number of hydrogen-bond donors (Lipinski definition) is 6. The van der Waals surface area contributed by atoms with Gasteiger partial charge in [0.15, 0.2) is 23.3 Å². The molecule has 6 unspecified atom stereocenters. The van der Waals surface area contributed by atoms with Crippen LogP contribution in [0.4, 0.5) is 57.1 Å².